The summed E-state index contributed by atoms with van der Waals surface area (Å²) in [4.78, 5) is 0. The Morgan fingerprint density at radius 2 is 1.20 bits per heavy atom. The third kappa shape index (κ3) is 2.59. The van der Waals surface area contributed by atoms with Gasteiger partial charge in [-0.2, -0.15) is 0 Å². The average Bonchev–Trinajstić information content (AvgIpc) is 2.81. The molecule has 30 heavy (non-hydrogen) atoms. The van der Waals surface area contributed by atoms with Crippen LogP contribution in [0.2, 0.25) is 0 Å². The largest absolute Gasteiger partial charge is 0.504 e. The monoisotopic (exact) mass is 394 g/mol. The molecule has 0 aliphatic rings. The number of fused-ring (bicyclic) bond motifs is 8. The standard InChI is InChI=1S/C27H22O3/c1-28-15-14-17-16-23-22(12-13-24(29-2)27(23)30-3)26-21-11-7-5-9-19(21)18-8-4-6-10-20(18)25(17)26/h4-16H,1-3H3/b15-14+. The lowest BCUT2D eigenvalue weighted by molar-refractivity contribution is 0.341. The number of hydrogen-bond acceptors (Lipinski definition) is 3. The fourth-order valence-electron chi connectivity index (χ4n) is 4.53. The van der Waals surface area contributed by atoms with Gasteiger partial charge in [0.05, 0.1) is 27.6 Å². The summed E-state index contributed by atoms with van der Waals surface area (Å²) in [6.45, 7) is 0. The van der Waals surface area contributed by atoms with Crippen molar-refractivity contribution in [3.63, 3.8) is 0 Å². The van der Waals surface area contributed by atoms with Gasteiger partial charge in [-0.05, 0) is 67.5 Å². The Bertz CT molecular complexity index is 1450. The third-order valence-corrected chi connectivity index (χ3v) is 5.76. The van der Waals surface area contributed by atoms with E-state index in [0.29, 0.717) is 0 Å². The summed E-state index contributed by atoms with van der Waals surface area (Å²) < 4.78 is 16.6. The molecule has 0 amide bonds. The van der Waals surface area contributed by atoms with Gasteiger partial charge >= 0.3 is 0 Å². The fourth-order valence-corrected chi connectivity index (χ4v) is 4.53. The molecule has 0 spiro atoms. The van der Waals surface area contributed by atoms with Gasteiger partial charge in [0.2, 0.25) is 0 Å². The molecule has 3 nitrogen and oxygen atoms in total. The van der Waals surface area contributed by atoms with Gasteiger partial charge in [0.1, 0.15) is 0 Å². The SMILES string of the molecule is CO/C=C/c1cc2c(OC)c(OC)ccc2c2c3ccccc3c3ccccc3c12. The van der Waals surface area contributed by atoms with E-state index < -0.39 is 0 Å². The number of methoxy groups -OCH3 is 3. The summed E-state index contributed by atoms with van der Waals surface area (Å²) in [6.07, 6.45) is 3.74. The zero-order chi connectivity index (χ0) is 20.7. The van der Waals surface area contributed by atoms with E-state index in [1.165, 1.54) is 32.3 Å². The number of benzene rings is 5. The lowest BCUT2D eigenvalue weighted by atomic mass is 9.88. The molecule has 0 atom stereocenters. The van der Waals surface area contributed by atoms with Crippen LogP contribution >= 0.6 is 0 Å². The normalized spacial score (nSPS) is 11.7. The fraction of sp³-hybridized carbons (Fsp3) is 0.111. The van der Waals surface area contributed by atoms with E-state index in [1.807, 2.05) is 12.1 Å². The van der Waals surface area contributed by atoms with E-state index in [2.05, 4.69) is 60.7 Å². The highest BCUT2D eigenvalue weighted by atomic mass is 16.5. The molecular formula is C27H22O3. The van der Waals surface area contributed by atoms with Gasteiger partial charge in [0, 0.05) is 5.39 Å². The van der Waals surface area contributed by atoms with Crippen LogP contribution in [-0.2, 0) is 4.74 Å². The quantitative estimate of drug-likeness (QED) is 0.244. The Morgan fingerprint density at radius 1 is 0.600 bits per heavy atom. The molecule has 3 heteroatoms. The molecule has 0 aliphatic carbocycles. The maximum Gasteiger partial charge on any atom is 0.168 e. The van der Waals surface area contributed by atoms with Gasteiger partial charge in [-0.3, -0.25) is 0 Å². The Labute approximate surface area is 175 Å². The second kappa shape index (κ2) is 7.27. The molecule has 5 aromatic carbocycles. The van der Waals surface area contributed by atoms with E-state index >= 15 is 0 Å². The molecule has 148 valence electrons. The van der Waals surface area contributed by atoms with Gasteiger partial charge in [-0.15, -0.1) is 0 Å². The Morgan fingerprint density at radius 3 is 1.80 bits per heavy atom. The Kier molecular flexibility index (Phi) is 4.44. The molecule has 0 N–H and O–H groups in total. The summed E-state index contributed by atoms with van der Waals surface area (Å²) in [6, 6.07) is 23.4. The minimum atomic E-state index is 0.719. The van der Waals surface area contributed by atoms with Gasteiger partial charge in [0.15, 0.2) is 11.5 Å². The van der Waals surface area contributed by atoms with E-state index in [0.717, 1.165) is 27.8 Å². The smallest absolute Gasteiger partial charge is 0.168 e. The molecule has 0 saturated heterocycles. The zero-order valence-electron chi connectivity index (χ0n) is 17.2. The molecule has 0 radical (unpaired) electrons. The van der Waals surface area contributed by atoms with Crippen molar-refractivity contribution in [1.29, 1.82) is 0 Å². The molecule has 0 fully saturated rings. The lowest BCUT2D eigenvalue weighted by Crippen LogP contribution is -1.94. The number of hydrogen-bond donors (Lipinski definition) is 0. The minimum absolute atomic E-state index is 0.719. The summed E-state index contributed by atoms with van der Waals surface area (Å²) in [7, 11) is 5.01. The maximum absolute atomic E-state index is 5.78. The first-order chi connectivity index (χ1) is 14.8. The van der Waals surface area contributed by atoms with Crippen LogP contribution in [0.15, 0.2) is 73.0 Å². The Balaban J connectivity index is 2.14. The summed E-state index contributed by atoms with van der Waals surface area (Å²) in [5.41, 5.74) is 1.08. The van der Waals surface area contributed by atoms with E-state index in [1.54, 1.807) is 27.6 Å². The highest BCUT2D eigenvalue weighted by Gasteiger charge is 2.17. The predicted molar refractivity (Wildman–Crippen MR) is 126 cm³/mol. The van der Waals surface area contributed by atoms with Crippen molar-refractivity contribution in [1.82, 2.24) is 0 Å². The summed E-state index contributed by atoms with van der Waals surface area (Å²) >= 11 is 0. The maximum atomic E-state index is 5.78. The summed E-state index contributed by atoms with van der Waals surface area (Å²) in [5.74, 6) is 1.46. The highest BCUT2D eigenvalue weighted by Crippen LogP contribution is 2.45. The van der Waals surface area contributed by atoms with E-state index in [4.69, 9.17) is 14.2 Å². The van der Waals surface area contributed by atoms with Crippen molar-refractivity contribution < 1.29 is 14.2 Å². The minimum Gasteiger partial charge on any atom is -0.504 e. The summed E-state index contributed by atoms with van der Waals surface area (Å²) in [5, 5.41) is 9.49. The van der Waals surface area contributed by atoms with Crippen LogP contribution < -0.4 is 9.47 Å². The first-order valence-electron chi connectivity index (χ1n) is 9.88. The second-order valence-corrected chi connectivity index (χ2v) is 7.24. The Hall–Kier alpha value is -3.72. The van der Waals surface area contributed by atoms with Gasteiger partial charge < -0.3 is 14.2 Å². The van der Waals surface area contributed by atoms with Crippen LogP contribution in [0.3, 0.4) is 0 Å². The molecular weight excluding hydrogens is 372 g/mol. The molecule has 5 rings (SSSR count). The van der Waals surface area contributed by atoms with Crippen molar-refractivity contribution in [2.75, 3.05) is 21.3 Å². The number of rotatable bonds is 4. The molecule has 0 heterocycles. The lowest BCUT2D eigenvalue weighted by Gasteiger charge is -2.18. The van der Waals surface area contributed by atoms with Crippen LogP contribution in [0.1, 0.15) is 5.56 Å². The van der Waals surface area contributed by atoms with Crippen LogP contribution in [0.25, 0.3) is 49.2 Å². The van der Waals surface area contributed by atoms with Crippen molar-refractivity contribution in [3.05, 3.63) is 78.6 Å². The second-order valence-electron chi connectivity index (χ2n) is 7.24. The first-order valence-corrected chi connectivity index (χ1v) is 9.88. The van der Waals surface area contributed by atoms with Crippen molar-refractivity contribution in [3.8, 4) is 11.5 Å². The van der Waals surface area contributed by atoms with Crippen LogP contribution in [-0.4, -0.2) is 21.3 Å². The van der Waals surface area contributed by atoms with Crippen LogP contribution in [0.5, 0.6) is 11.5 Å². The molecule has 5 aromatic rings. The topological polar surface area (TPSA) is 27.7 Å². The molecule has 0 aromatic heterocycles. The predicted octanol–water partition coefficient (Wildman–Crippen LogP) is 6.93. The van der Waals surface area contributed by atoms with Gasteiger partial charge in [-0.25, -0.2) is 0 Å². The van der Waals surface area contributed by atoms with E-state index in [9.17, 15) is 0 Å². The highest BCUT2D eigenvalue weighted by molar-refractivity contribution is 6.33. The van der Waals surface area contributed by atoms with Crippen LogP contribution in [0.4, 0.5) is 0 Å². The molecule has 0 unspecified atom stereocenters. The third-order valence-electron chi connectivity index (χ3n) is 5.76. The van der Waals surface area contributed by atoms with Crippen molar-refractivity contribution in [2.24, 2.45) is 0 Å². The average molecular weight is 394 g/mol. The molecule has 0 saturated carbocycles. The van der Waals surface area contributed by atoms with Gasteiger partial charge in [-0.1, -0.05) is 48.5 Å². The zero-order valence-corrected chi connectivity index (χ0v) is 17.2. The van der Waals surface area contributed by atoms with Crippen LogP contribution in [0, 0.1) is 0 Å². The molecule has 0 aliphatic heterocycles. The van der Waals surface area contributed by atoms with Crippen molar-refractivity contribution in [2.45, 2.75) is 0 Å². The number of ether oxygens (including phenoxy) is 3. The molecule has 0 bridgehead atoms. The van der Waals surface area contributed by atoms with E-state index in [-0.39, 0.29) is 0 Å². The van der Waals surface area contributed by atoms with Crippen molar-refractivity contribution >= 4 is 49.2 Å². The van der Waals surface area contributed by atoms with Gasteiger partial charge in [0.25, 0.3) is 0 Å². The first kappa shape index (κ1) is 18.3.